The summed E-state index contributed by atoms with van der Waals surface area (Å²) in [7, 11) is 0. The van der Waals surface area contributed by atoms with Crippen LogP contribution < -0.4 is 0 Å². The van der Waals surface area contributed by atoms with E-state index in [0.29, 0.717) is 12.3 Å². The Labute approximate surface area is 103 Å². The van der Waals surface area contributed by atoms with Crippen molar-refractivity contribution in [3.05, 3.63) is 41.8 Å². The van der Waals surface area contributed by atoms with Crippen molar-refractivity contribution in [2.75, 3.05) is 0 Å². The van der Waals surface area contributed by atoms with Crippen molar-refractivity contribution in [1.29, 1.82) is 0 Å². The minimum absolute atomic E-state index is 0.605. The predicted molar refractivity (Wildman–Crippen MR) is 67.1 cm³/mol. The van der Waals surface area contributed by atoms with Gasteiger partial charge in [0, 0.05) is 21.5 Å². The number of aromatic nitrogens is 1. The van der Waals surface area contributed by atoms with Crippen molar-refractivity contribution in [3.63, 3.8) is 0 Å². The van der Waals surface area contributed by atoms with E-state index in [1.54, 1.807) is 0 Å². The smallest absolute Gasteiger partial charge is 0.226 e. The van der Waals surface area contributed by atoms with Gasteiger partial charge in [0.05, 0.1) is 12.1 Å². The Morgan fingerprint density at radius 2 is 2.06 bits per heavy atom. The Morgan fingerprint density at radius 3 is 2.75 bits per heavy atom. The van der Waals surface area contributed by atoms with Gasteiger partial charge in [-0.25, -0.2) is 4.98 Å². The molecule has 1 aromatic heterocycles. The molecule has 1 heterocycles. The quantitative estimate of drug-likeness (QED) is 0.784. The van der Waals surface area contributed by atoms with Crippen LogP contribution in [0, 0.1) is 17.7 Å². The molecule has 0 aliphatic heterocycles. The van der Waals surface area contributed by atoms with Gasteiger partial charge in [0.25, 0.3) is 0 Å². The summed E-state index contributed by atoms with van der Waals surface area (Å²) in [6, 6.07) is 9.85. The molecule has 0 spiro atoms. The van der Waals surface area contributed by atoms with E-state index >= 15 is 0 Å². The van der Waals surface area contributed by atoms with Crippen LogP contribution in [0.5, 0.6) is 0 Å². The lowest BCUT2D eigenvalue weighted by Crippen LogP contribution is -1.84. The number of hydrogen-bond donors (Lipinski definition) is 0. The Bertz CT molecular complexity index is 534. The van der Waals surface area contributed by atoms with E-state index in [1.165, 1.54) is 0 Å². The number of halogens is 1. The molecule has 0 saturated heterocycles. The van der Waals surface area contributed by atoms with Crippen molar-refractivity contribution in [3.8, 4) is 22.2 Å². The molecule has 80 valence electrons. The second kappa shape index (κ2) is 5.00. The molecule has 3 heteroatoms. The van der Waals surface area contributed by atoms with Gasteiger partial charge in [-0.05, 0) is 23.9 Å². The average molecular weight is 276 g/mol. The van der Waals surface area contributed by atoms with Crippen LogP contribution in [0.2, 0.25) is 0 Å². The fourth-order valence-corrected chi connectivity index (χ4v) is 1.55. The third-order valence-corrected chi connectivity index (χ3v) is 2.52. The highest BCUT2D eigenvalue weighted by Gasteiger charge is 2.09. The van der Waals surface area contributed by atoms with Gasteiger partial charge in [0.15, 0.2) is 0 Å². The second-order valence-corrected chi connectivity index (χ2v) is 3.73. The number of rotatable bonds is 2. The SMILES string of the molecule is Cc1oc(-c2ccccc2)nc1CC#CBr. The molecular formula is C13H10BrNO. The predicted octanol–water partition coefficient (Wildman–Crippen LogP) is 3.55. The van der Waals surface area contributed by atoms with Crippen LogP contribution in [0.15, 0.2) is 34.7 Å². The number of nitrogens with zero attached hydrogens (tertiary/aromatic N) is 1. The lowest BCUT2D eigenvalue weighted by molar-refractivity contribution is 0.540. The van der Waals surface area contributed by atoms with Crippen molar-refractivity contribution >= 4 is 15.9 Å². The van der Waals surface area contributed by atoms with E-state index in [-0.39, 0.29) is 0 Å². The molecule has 0 aliphatic rings. The number of hydrogen-bond acceptors (Lipinski definition) is 2. The molecule has 2 rings (SSSR count). The van der Waals surface area contributed by atoms with Crippen molar-refractivity contribution < 1.29 is 4.42 Å². The van der Waals surface area contributed by atoms with Crippen LogP contribution in [0.1, 0.15) is 11.5 Å². The van der Waals surface area contributed by atoms with E-state index in [4.69, 9.17) is 4.42 Å². The third-order valence-electron chi connectivity index (χ3n) is 2.24. The minimum atomic E-state index is 0.605. The first-order valence-electron chi connectivity index (χ1n) is 4.91. The molecule has 0 fully saturated rings. The summed E-state index contributed by atoms with van der Waals surface area (Å²) < 4.78 is 5.60. The Hall–Kier alpha value is -1.53. The molecule has 1 aromatic carbocycles. The molecule has 0 radical (unpaired) electrons. The highest BCUT2D eigenvalue weighted by Crippen LogP contribution is 2.21. The first kappa shape index (κ1) is 11.0. The fraction of sp³-hybridized carbons (Fsp3) is 0.154. The number of benzene rings is 1. The third kappa shape index (κ3) is 2.34. The molecule has 0 N–H and O–H groups in total. The van der Waals surface area contributed by atoms with Crippen LogP contribution in [-0.4, -0.2) is 4.98 Å². The molecule has 0 unspecified atom stereocenters. The molecule has 0 bridgehead atoms. The van der Waals surface area contributed by atoms with E-state index in [9.17, 15) is 0 Å². The van der Waals surface area contributed by atoms with E-state index < -0.39 is 0 Å². The summed E-state index contributed by atoms with van der Waals surface area (Å²) in [5.41, 5.74) is 1.88. The normalized spacial score (nSPS) is 9.62. The van der Waals surface area contributed by atoms with Crippen molar-refractivity contribution in [2.45, 2.75) is 13.3 Å². The van der Waals surface area contributed by atoms with Gasteiger partial charge < -0.3 is 4.42 Å². The maximum Gasteiger partial charge on any atom is 0.226 e. The zero-order valence-corrected chi connectivity index (χ0v) is 10.4. The monoisotopic (exact) mass is 275 g/mol. The van der Waals surface area contributed by atoms with Gasteiger partial charge in [-0.3, -0.25) is 0 Å². The van der Waals surface area contributed by atoms with Crippen LogP contribution in [0.3, 0.4) is 0 Å². The molecule has 2 nitrogen and oxygen atoms in total. The molecule has 0 amide bonds. The molecular weight excluding hydrogens is 266 g/mol. The van der Waals surface area contributed by atoms with Gasteiger partial charge in [-0.15, -0.1) is 0 Å². The molecule has 0 saturated carbocycles. The zero-order valence-electron chi connectivity index (χ0n) is 8.83. The Kier molecular flexibility index (Phi) is 3.43. The van der Waals surface area contributed by atoms with E-state index in [2.05, 4.69) is 31.7 Å². The number of oxazole rings is 1. The van der Waals surface area contributed by atoms with Gasteiger partial charge in [0.2, 0.25) is 5.89 Å². The second-order valence-electron chi connectivity index (χ2n) is 3.34. The van der Waals surface area contributed by atoms with Crippen molar-refractivity contribution in [2.24, 2.45) is 0 Å². The first-order chi connectivity index (χ1) is 7.81. The summed E-state index contributed by atoms with van der Waals surface area (Å²) in [5.74, 6) is 4.40. The van der Waals surface area contributed by atoms with Crippen LogP contribution in [0.25, 0.3) is 11.5 Å². The molecule has 0 aliphatic carbocycles. The van der Waals surface area contributed by atoms with Crippen molar-refractivity contribution in [1.82, 2.24) is 4.98 Å². The molecule has 16 heavy (non-hydrogen) atoms. The summed E-state index contributed by atoms with van der Waals surface area (Å²) in [5, 5.41) is 0. The topological polar surface area (TPSA) is 26.0 Å². The molecule has 0 atom stereocenters. The number of aryl methyl sites for hydroxylation is 1. The van der Waals surface area contributed by atoms with E-state index in [0.717, 1.165) is 17.0 Å². The minimum Gasteiger partial charge on any atom is -0.441 e. The fourth-order valence-electron chi connectivity index (χ4n) is 1.41. The highest BCUT2D eigenvalue weighted by molar-refractivity contribution is 9.12. The van der Waals surface area contributed by atoms with Gasteiger partial charge in [-0.1, -0.05) is 24.1 Å². The Balaban J connectivity index is 2.33. The first-order valence-corrected chi connectivity index (χ1v) is 5.71. The summed E-state index contributed by atoms with van der Waals surface area (Å²) in [6.45, 7) is 1.91. The summed E-state index contributed by atoms with van der Waals surface area (Å²) in [6.07, 6.45) is 0.605. The summed E-state index contributed by atoms with van der Waals surface area (Å²) in [4.78, 5) is 7.10. The molecule has 2 aromatic rings. The maximum atomic E-state index is 5.60. The van der Waals surface area contributed by atoms with Crippen LogP contribution in [0.4, 0.5) is 0 Å². The summed E-state index contributed by atoms with van der Waals surface area (Å²) >= 11 is 3.06. The Morgan fingerprint density at radius 1 is 1.31 bits per heavy atom. The van der Waals surface area contributed by atoms with Crippen LogP contribution >= 0.6 is 15.9 Å². The lowest BCUT2D eigenvalue weighted by atomic mass is 10.2. The van der Waals surface area contributed by atoms with E-state index in [1.807, 2.05) is 37.3 Å². The van der Waals surface area contributed by atoms with Gasteiger partial charge in [0.1, 0.15) is 5.76 Å². The van der Waals surface area contributed by atoms with Gasteiger partial charge >= 0.3 is 0 Å². The standard InChI is InChI=1S/C13H10BrNO/c1-10-12(8-5-9-14)15-13(16-10)11-6-3-2-4-7-11/h2-4,6-7H,8H2,1H3. The average Bonchev–Trinajstić information content (AvgIpc) is 2.69. The lowest BCUT2D eigenvalue weighted by Gasteiger charge is -1.91. The zero-order chi connectivity index (χ0) is 11.4. The maximum absolute atomic E-state index is 5.60. The highest BCUT2D eigenvalue weighted by atomic mass is 79.9. The van der Waals surface area contributed by atoms with Gasteiger partial charge in [-0.2, -0.15) is 0 Å². The van der Waals surface area contributed by atoms with Crippen LogP contribution in [-0.2, 0) is 6.42 Å². The largest absolute Gasteiger partial charge is 0.441 e.